The molecule has 146 valence electrons. The lowest BCUT2D eigenvalue weighted by atomic mass is 10.1. The minimum absolute atomic E-state index is 0.0254. The molecule has 11 heteroatoms. The lowest BCUT2D eigenvalue weighted by Gasteiger charge is -2.35. The van der Waals surface area contributed by atoms with Crippen LogP contribution in [0.25, 0.3) is 0 Å². The van der Waals surface area contributed by atoms with E-state index in [0.29, 0.717) is 13.1 Å². The molecule has 1 aliphatic heterocycles. The zero-order chi connectivity index (χ0) is 19.4. The van der Waals surface area contributed by atoms with Crippen molar-refractivity contribution in [3.05, 3.63) is 29.8 Å². The molecular weight excluding hydrogens is 373 g/mol. The van der Waals surface area contributed by atoms with Gasteiger partial charge in [-0.25, -0.2) is 13.1 Å². The molecule has 0 bridgehead atoms. The molecule has 1 aromatic carbocycles. The van der Waals surface area contributed by atoms with Gasteiger partial charge >= 0.3 is 6.18 Å². The Labute approximate surface area is 150 Å². The van der Waals surface area contributed by atoms with Gasteiger partial charge in [-0.15, -0.1) is 0 Å². The van der Waals surface area contributed by atoms with Crippen LogP contribution in [0.2, 0.25) is 0 Å². The summed E-state index contributed by atoms with van der Waals surface area (Å²) in [7, 11) is -2.53. The van der Waals surface area contributed by atoms with Gasteiger partial charge in [0.05, 0.1) is 4.90 Å². The number of nitrogens with one attached hydrogen (secondary N) is 3. The van der Waals surface area contributed by atoms with E-state index in [2.05, 4.69) is 15.4 Å². The van der Waals surface area contributed by atoms with Crippen molar-refractivity contribution >= 4 is 15.9 Å². The number of hydrogen-bond acceptors (Lipinski definition) is 5. The van der Waals surface area contributed by atoms with Gasteiger partial charge in [-0.2, -0.15) is 13.2 Å². The molecule has 1 saturated heterocycles. The number of halogens is 3. The largest absolute Gasteiger partial charge is 0.405 e. The zero-order valence-electron chi connectivity index (χ0n) is 14.1. The number of rotatable bonds is 6. The lowest BCUT2D eigenvalue weighted by Crippen LogP contribution is -2.57. The van der Waals surface area contributed by atoms with E-state index >= 15 is 0 Å². The highest BCUT2D eigenvalue weighted by molar-refractivity contribution is 7.89. The first kappa shape index (κ1) is 20.6. The summed E-state index contributed by atoms with van der Waals surface area (Å²) in [5.74, 6) is -0.762. The van der Waals surface area contributed by atoms with E-state index in [1.54, 1.807) is 0 Å². The SMILES string of the molecule is CNS(=O)(=O)c1cccc(C(=O)NCC(N2CCNCC2)C(F)(F)F)c1. The second kappa shape index (κ2) is 8.33. The molecular formula is C15H21F3N4O3S. The molecule has 26 heavy (non-hydrogen) atoms. The van der Waals surface area contributed by atoms with Gasteiger partial charge in [-0.05, 0) is 25.2 Å². The molecule has 0 saturated carbocycles. The average molecular weight is 394 g/mol. The molecule has 0 aliphatic carbocycles. The molecule has 0 spiro atoms. The van der Waals surface area contributed by atoms with E-state index in [0.717, 1.165) is 6.07 Å². The zero-order valence-corrected chi connectivity index (χ0v) is 15.0. The predicted molar refractivity (Wildman–Crippen MR) is 89.3 cm³/mol. The van der Waals surface area contributed by atoms with Crippen molar-refractivity contribution < 1.29 is 26.4 Å². The molecule has 1 aliphatic rings. The number of piperazine rings is 1. The second-order valence-electron chi connectivity index (χ2n) is 5.79. The summed E-state index contributed by atoms with van der Waals surface area (Å²) in [6.45, 7) is 0.756. The maximum absolute atomic E-state index is 13.3. The van der Waals surface area contributed by atoms with Crippen molar-refractivity contribution in [1.82, 2.24) is 20.3 Å². The third kappa shape index (κ3) is 5.16. The molecule has 2 rings (SSSR count). The summed E-state index contributed by atoms with van der Waals surface area (Å²) in [4.78, 5) is 13.3. The fourth-order valence-electron chi connectivity index (χ4n) is 2.66. The second-order valence-corrected chi connectivity index (χ2v) is 7.68. The summed E-state index contributed by atoms with van der Waals surface area (Å²) >= 11 is 0. The van der Waals surface area contributed by atoms with E-state index in [1.807, 2.05) is 0 Å². The first-order valence-corrected chi connectivity index (χ1v) is 9.47. The first-order chi connectivity index (χ1) is 12.1. The van der Waals surface area contributed by atoms with E-state index in [9.17, 15) is 26.4 Å². The van der Waals surface area contributed by atoms with Gasteiger partial charge in [0.1, 0.15) is 6.04 Å². The molecule has 1 heterocycles. The number of amides is 1. The first-order valence-electron chi connectivity index (χ1n) is 7.98. The van der Waals surface area contributed by atoms with Crippen molar-refractivity contribution in [3.8, 4) is 0 Å². The maximum Gasteiger partial charge on any atom is 0.405 e. The molecule has 0 aromatic heterocycles. The quantitative estimate of drug-likeness (QED) is 0.640. The van der Waals surface area contributed by atoms with Gasteiger partial charge in [0, 0.05) is 38.3 Å². The van der Waals surface area contributed by atoms with Gasteiger partial charge < -0.3 is 10.6 Å². The molecule has 0 radical (unpaired) electrons. The summed E-state index contributed by atoms with van der Waals surface area (Å²) in [6, 6.07) is 3.32. The smallest absolute Gasteiger partial charge is 0.350 e. The Kier molecular flexibility index (Phi) is 6.61. The van der Waals surface area contributed by atoms with Crippen LogP contribution in [-0.4, -0.2) is 71.2 Å². The Hall–Kier alpha value is -1.69. The van der Waals surface area contributed by atoms with Crippen LogP contribution in [0.3, 0.4) is 0 Å². The Morgan fingerprint density at radius 3 is 2.54 bits per heavy atom. The Bertz CT molecular complexity index is 734. The summed E-state index contributed by atoms with van der Waals surface area (Å²) < 4.78 is 65.6. The van der Waals surface area contributed by atoms with Crippen LogP contribution in [0.5, 0.6) is 0 Å². The van der Waals surface area contributed by atoms with Gasteiger partial charge in [0.25, 0.3) is 5.91 Å². The maximum atomic E-state index is 13.3. The van der Waals surface area contributed by atoms with Crippen LogP contribution in [0.15, 0.2) is 29.2 Å². The van der Waals surface area contributed by atoms with Crippen LogP contribution in [-0.2, 0) is 10.0 Å². The molecule has 1 atom stereocenters. The minimum Gasteiger partial charge on any atom is -0.350 e. The van der Waals surface area contributed by atoms with E-state index in [4.69, 9.17) is 0 Å². The molecule has 1 amide bonds. The summed E-state index contributed by atoms with van der Waals surface area (Å²) in [5.41, 5.74) is -0.0254. The minimum atomic E-state index is -4.48. The van der Waals surface area contributed by atoms with Gasteiger partial charge in [0.2, 0.25) is 10.0 Å². The van der Waals surface area contributed by atoms with Crippen LogP contribution >= 0.6 is 0 Å². The molecule has 7 nitrogen and oxygen atoms in total. The van der Waals surface area contributed by atoms with Crippen molar-refractivity contribution in [2.24, 2.45) is 0 Å². The number of nitrogens with zero attached hydrogens (tertiary/aromatic N) is 1. The Balaban J connectivity index is 2.09. The fraction of sp³-hybridized carbons (Fsp3) is 0.533. The Morgan fingerprint density at radius 2 is 1.96 bits per heavy atom. The van der Waals surface area contributed by atoms with Crippen LogP contribution < -0.4 is 15.4 Å². The number of hydrogen-bond donors (Lipinski definition) is 3. The highest BCUT2D eigenvalue weighted by atomic mass is 32.2. The Morgan fingerprint density at radius 1 is 1.31 bits per heavy atom. The normalized spacial score (nSPS) is 17.7. The topological polar surface area (TPSA) is 90.5 Å². The van der Waals surface area contributed by atoms with E-state index in [1.165, 1.54) is 30.1 Å². The van der Waals surface area contributed by atoms with Gasteiger partial charge in [-0.3, -0.25) is 9.69 Å². The van der Waals surface area contributed by atoms with Crippen LogP contribution in [0.4, 0.5) is 13.2 Å². The highest BCUT2D eigenvalue weighted by Gasteiger charge is 2.43. The molecule has 3 N–H and O–H groups in total. The number of carbonyl (C=O) groups excluding carboxylic acids is 1. The third-order valence-corrected chi connectivity index (χ3v) is 5.51. The fourth-order valence-corrected chi connectivity index (χ4v) is 3.43. The number of sulfonamides is 1. The monoisotopic (exact) mass is 394 g/mol. The van der Waals surface area contributed by atoms with Crippen LogP contribution in [0, 0.1) is 0 Å². The summed E-state index contributed by atoms with van der Waals surface area (Å²) in [6.07, 6.45) is -4.48. The van der Waals surface area contributed by atoms with Gasteiger partial charge in [0.15, 0.2) is 0 Å². The van der Waals surface area contributed by atoms with Crippen molar-refractivity contribution in [3.63, 3.8) is 0 Å². The lowest BCUT2D eigenvalue weighted by molar-refractivity contribution is -0.183. The molecule has 1 unspecified atom stereocenters. The van der Waals surface area contributed by atoms with Gasteiger partial charge in [-0.1, -0.05) is 6.07 Å². The van der Waals surface area contributed by atoms with Crippen LogP contribution in [0.1, 0.15) is 10.4 Å². The van der Waals surface area contributed by atoms with E-state index in [-0.39, 0.29) is 23.5 Å². The number of carbonyl (C=O) groups is 1. The molecule has 1 fully saturated rings. The predicted octanol–water partition coefficient (Wildman–Crippen LogP) is 0.161. The van der Waals surface area contributed by atoms with Crippen molar-refractivity contribution in [2.45, 2.75) is 17.1 Å². The molecule has 1 aromatic rings. The highest BCUT2D eigenvalue weighted by Crippen LogP contribution is 2.25. The van der Waals surface area contributed by atoms with Crippen molar-refractivity contribution in [1.29, 1.82) is 0 Å². The number of benzene rings is 1. The van der Waals surface area contributed by atoms with Crippen molar-refractivity contribution in [2.75, 3.05) is 39.8 Å². The third-order valence-electron chi connectivity index (χ3n) is 4.10. The summed E-state index contributed by atoms with van der Waals surface area (Å²) in [5, 5.41) is 5.24. The number of alkyl halides is 3. The van der Waals surface area contributed by atoms with E-state index < -0.39 is 34.7 Å². The standard InChI is InChI=1S/C15H21F3N4O3S/c1-19-26(24,25)12-4-2-3-11(9-12)14(23)21-10-13(15(16,17)18)22-7-5-20-6-8-22/h2-4,9,13,19-20H,5-8,10H2,1H3,(H,21,23). The average Bonchev–Trinajstić information content (AvgIpc) is 2.61.